The minimum Gasteiger partial charge on any atom is -0.329 e. The van der Waals surface area contributed by atoms with Crippen LogP contribution in [0.5, 0.6) is 0 Å². The van der Waals surface area contributed by atoms with Crippen LogP contribution in [-0.2, 0) is 0 Å². The Morgan fingerprint density at radius 3 is 1.35 bits per heavy atom. The minimum atomic E-state index is -0.363. The van der Waals surface area contributed by atoms with Crippen molar-refractivity contribution in [2.75, 3.05) is 4.90 Å². The highest BCUT2D eigenvalue weighted by Crippen LogP contribution is 2.45. The molecule has 10 aromatic rings. The smallest absolute Gasteiger partial charge is 0.329 e. The summed E-state index contributed by atoms with van der Waals surface area (Å²) in [5, 5.41) is 0. The molecule has 0 fully saturated rings. The van der Waals surface area contributed by atoms with Crippen molar-refractivity contribution in [1.29, 1.82) is 0 Å². The molecular weight excluding hydrogens is 735 g/mol. The third kappa shape index (κ3) is 5.81. The van der Waals surface area contributed by atoms with Crippen molar-refractivity contribution in [1.82, 2.24) is 33.9 Å². The van der Waals surface area contributed by atoms with E-state index in [9.17, 15) is 0 Å². The topological polar surface area (TPSA) is 77.5 Å². The van der Waals surface area contributed by atoms with Crippen LogP contribution >= 0.6 is 0 Å². The van der Waals surface area contributed by atoms with E-state index >= 15 is 0 Å². The molecule has 0 unspecified atom stereocenters. The quantitative estimate of drug-likeness (QED) is 0.157. The van der Waals surface area contributed by atoms with Gasteiger partial charge in [0, 0.05) is 22.3 Å². The van der Waals surface area contributed by atoms with Crippen LogP contribution in [0.15, 0.2) is 164 Å². The Morgan fingerprint density at radius 1 is 0.383 bits per heavy atom. The normalized spacial score (nSPS) is 12.3. The van der Waals surface area contributed by atoms with E-state index in [1.54, 1.807) is 0 Å². The Balaban J connectivity index is 1.19. The van der Waals surface area contributed by atoms with Gasteiger partial charge < -0.3 is 8.96 Å². The predicted molar refractivity (Wildman–Crippen MR) is 244 cm³/mol. The summed E-state index contributed by atoms with van der Waals surface area (Å²) in [6.07, 6.45) is 0. The summed E-state index contributed by atoms with van der Waals surface area (Å²) in [6.45, 7) is 8.30. The lowest BCUT2D eigenvalue weighted by atomic mass is 9.65. The van der Waals surface area contributed by atoms with E-state index in [4.69, 9.17) is 24.9 Å². The van der Waals surface area contributed by atoms with E-state index in [0.717, 1.165) is 72.9 Å². The molecular formula is C51H39BN8. The number of rotatable bonds is 6. The van der Waals surface area contributed by atoms with Crippen LogP contribution in [0.3, 0.4) is 0 Å². The molecule has 8 nitrogen and oxygen atoms in total. The first-order valence-electron chi connectivity index (χ1n) is 20.3. The van der Waals surface area contributed by atoms with Crippen molar-refractivity contribution in [2.24, 2.45) is 0 Å². The molecule has 0 saturated heterocycles. The lowest BCUT2D eigenvalue weighted by Crippen LogP contribution is -2.50. The SMILES string of the molecule is Cc1cc2nc3n(c2cc1C)B(c1cccc(-c2nc(-c4ccccc4)nc(-c4ccccc4)n2)c1)n1c(nc2cc(C)c(C)cc21)N3c1ccccc1-c1ccccc1. The second-order valence-electron chi connectivity index (χ2n) is 15.7. The highest BCUT2D eigenvalue weighted by molar-refractivity contribution is 6.73. The number of aryl methyl sites for hydroxylation is 4. The number of benzene rings is 7. The molecule has 3 aromatic heterocycles. The molecule has 0 bridgehead atoms. The summed E-state index contributed by atoms with van der Waals surface area (Å²) in [7, 11) is 0. The van der Waals surface area contributed by atoms with E-state index in [0.29, 0.717) is 17.5 Å². The summed E-state index contributed by atoms with van der Waals surface area (Å²) in [4.78, 5) is 28.5. The molecule has 0 N–H and O–H groups in total. The van der Waals surface area contributed by atoms with E-state index in [1.807, 2.05) is 60.7 Å². The summed E-state index contributed by atoms with van der Waals surface area (Å²) in [5.74, 6) is 3.43. The highest BCUT2D eigenvalue weighted by atomic mass is 15.4. The van der Waals surface area contributed by atoms with Gasteiger partial charge in [-0.1, -0.05) is 133 Å². The van der Waals surface area contributed by atoms with Crippen LogP contribution in [-0.4, -0.2) is 40.9 Å². The Hall–Kier alpha value is -7.65. The lowest BCUT2D eigenvalue weighted by Gasteiger charge is -2.35. The van der Waals surface area contributed by atoms with Crippen LogP contribution < -0.4 is 10.4 Å². The van der Waals surface area contributed by atoms with Crippen LogP contribution in [0.25, 0.3) is 67.4 Å². The molecule has 0 radical (unpaired) electrons. The van der Waals surface area contributed by atoms with Crippen molar-refractivity contribution in [3.8, 4) is 45.3 Å². The number of fused-ring (bicyclic) bond motifs is 6. The average molecular weight is 775 g/mol. The third-order valence-corrected chi connectivity index (χ3v) is 11.8. The second kappa shape index (κ2) is 14.0. The monoisotopic (exact) mass is 774 g/mol. The number of aromatic nitrogens is 7. The van der Waals surface area contributed by atoms with Gasteiger partial charge in [-0.05, 0) is 91.3 Å². The van der Waals surface area contributed by atoms with Crippen molar-refractivity contribution in [3.05, 3.63) is 186 Å². The number of anilines is 3. The maximum Gasteiger partial charge on any atom is 0.425 e. The van der Waals surface area contributed by atoms with Crippen LogP contribution in [0.1, 0.15) is 22.3 Å². The molecule has 7 aromatic carbocycles. The van der Waals surface area contributed by atoms with Gasteiger partial charge >= 0.3 is 6.98 Å². The molecule has 0 saturated carbocycles. The Kier molecular flexibility index (Phi) is 8.30. The van der Waals surface area contributed by atoms with Crippen molar-refractivity contribution >= 4 is 52.1 Å². The molecule has 4 heterocycles. The first kappa shape index (κ1) is 35.5. The number of imidazole rings is 2. The first-order chi connectivity index (χ1) is 29.4. The third-order valence-electron chi connectivity index (χ3n) is 11.8. The molecule has 1 aliphatic rings. The summed E-state index contributed by atoms with van der Waals surface area (Å²) < 4.78 is 4.79. The van der Waals surface area contributed by atoms with E-state index in [-0.39, 0.29) is 6.98 Å². The fourth-order valence-electron chi connectivity index (χ4n) is 8.50. The van der Waals surface area contributed by atoms with Gasteiger partial charge in [-0.3, -0.25) is 4.90 Å². The van der Waals surface area contributed by atoms with Gasteiger partial charge in [0.05, 0.1) is 27.8 Å². The van der Waals surface area contributed by atoms with Crippen molar-refractivity contribution in [2.45, 2.75) is 27.7 Å². The highest BCUT2D eigenvalue weighted by Gasteiger charge is 2.42. The zero-order chi connectivity index (χ0) is 40.5. The zero-order valence-corrected chi connectivity index (χ0v) is 33.7. The largest absolute Gasteiger partial charge is 0.425 e. The maximum absolute atomic E-state index is 5.50. The summed E-state index contributed by atoms with van der Waals surface area (Å²) >= 11 is 0. The molecule has 286 valence electrons. The number of nitrogens with zero attached hydrogens (tertiary/aromatic N) is 8. The van der Waals surface area contributed by atoms with Crippen LogP contribution in [0, 0.1) is 27.7 Å². The minimum absolute atomic E-state index is 0.363. The molecule has 11 rings (SSSR count). The molecule has 0 atom stereocenters. The zero-order valence-electron chi connectivity index (χ0n) is 33.7. The molecule has 1 aliphatic heterocycles. The fourth-order valence-corrected chi connectivity index (χ4v) is 8.50. The number of hydrogen-bond acceptors (Lipinski definition) is 6. The predicted octanol–water partition coefficient (Wildman–Crippen LogP) is 11.0. The number of hydrogen-bond donors (Lipinski definition) is 0. The lowest BCUT2D eigenvalue weighted by molar-refractivity contribution is 0.961. The average Bonchev–Trinajstić information content (AvgIpc) is 3.83. The maximum atomic E-state index is 5.50. The molecule has 0 amide bonds. The van der Waals surface area contributed by atoms with Gasteiger partial charge in [-0.15, -0.1) is 0 Å². The van der Waals surface area contributed by atoms with Gasteiger partial charge in [-0.25, -0.2) is 24.9 Å². The van der Waals surface area contributed by atoms with E-state index in [1.165, 1.54) is 22.3 Å². The van der Waals surface area contributed by atoms with Gasteiger partial charge in [0.25, 0.3) is 0 Å². The summed E-state index contributed by atoms with van der Waals surface area (Å²) in [5.41, 5.74) is 15.7. The van der Waals surface area contributed by atoms with Crippen molar-refractivity contribution < 1.29 is 0 Å². The van der Waals surface area contributed by atoms with Gasteiger partial charge in [-0.2, -0.15) is 0 Å². The summed E-state index contributed by atoms with van der Waals surface area (Å²) in [6, 6.07) is 57.0. The molecule has 0 spiro atoms. The second-order valence-corrected chi connectivity index (χ2v) is 15.7. The Labute approximate surface area is 348 Å². The molecule has 60 heavy (non-hydrogen) atoms. The Morgan fingerprint density at radius 2 is 0.817 bits per heavy atom. The van der Waals surface area contributed by atoms with E-state index in [2.05, 4.69) is 145 Å². The molecule has 9 heteroatoms. The van der Waals surface area contributed by atoms with Crippen LogP contribution in [0.2, 0.25) is 0 Å². The van der Waals surface area contributed by atoms with Gasteiger partial charge in [0.15, 0.2) is 17.5 Å². The molecule has 0 aliphatic carbocycles. The Bertz CT molecular complexity index is 3110. The van der Waals surface area contributed by atoms with Gasteiger partial charge in [0.1, 0.15) is 0 Å². The van der Waals surface area contributed by atoms with Crippen molar-refractivity contribution in [3.63, 3.8) is 0 Å². The fraction of sp³-hybridized carbons (Fsp3) is 0.0784. The van der Waals surface area contributed by atoms with E-state index < -0.39 is 0 Å². The standard InChI is InChI=1S/C51H39BN8/c1-32-27-42-45(29-34(32)3)59-50(53-42)58(44-26-15-14-25-41(44)36-17-8-5-9-18-36)51-54-43-28-33(2)35(4)30-46(43)60(51)52(59)40-24-16-23-39(31-40)49-56-47(37-19-10-6-11-20-37)55-48(57-49)38-21-12-7-13-22-38/h5-31H,1-4H3. The van der Waals surface area contributed by atoms with Gasteiger partial charge in [0.2, 0.25) is 11.9 Å². The van der Waals surface area contributed by atoms with Crippen LogP contribution in [0.4, 0.5) is 17.6 Å². The first-order valence-corrected chi connectivity index (χ1v) is 20.3. The number of para-hydroxylation sites is 1.